The van der Waals surface area contributed by atoms with Gasteiger partial charge in [-0.3, -0.25) is 4.79 Å². The van der Waals surface area contributed by atoms with E-state index < -0.39 is 17.7 Å². The molecule has 2 amide bonds. The summed E-state index contributed by atoms with van der Waals surface area (Å²) in [7, 11) is 0. The van der Waals surface area contributed by atoms with E-state index >= 15 is 0 Å². The third kappa shape index (κ3) is 5.87. The Labute approximate surface area is 182 Å². The lowest BCUT2D eigenvalue weighted by Crippen LogP contribution is -2.42. The van der Waals surface area contributed by atoms with E-state index in [0.29, 0.717) is 32.5 Å². The molecule has 0 spiro atoms. The topological polar surface area (TPSA) is 63.9 Å². The predicted octanol–water partition coefficient (Wildman–Crippen LogP) is 4.65. The molecule has 0 bridgehead atoms. The minimum absolute atomic E-state index is 0.0393. The smallest absolute Gasteiger partial charge is 0.444 e. The summed E-state index contributed by atoms with van der Waals surface area (Å²) in [5, 5.41) is 0. The van der Waals surface area contributed by atoms with Crippen LogP contribution in [-0.4, -0.2) is 46.3 Å². The van der Waals surface area contributed by atoms with Gasteiger partial charge >= 0.3 is 18.2 Å². The maximum Gasteiger partial charge on any atom is 0.473 e. The molecule has 6 nitrogen and oxygen atoms in total. The van der Waals surface area contributed by atoms with Crippen LogP contribution < -0.4 is 4.80 Å². The molecular weight excluding hydrogens is 431 g/mol. The molecule has 10 heteroatoms. The van der Waals surface area contributed by atoms with Crippen molar-refractivity contribution in [3.63, 3.8) is 0 Å². The lowest BCUT2D eigenvalue weighted by atomic mass is 9.97. The zero-order valence-corrected chi connectivity index (χ0v) is 18.8. The van der Waals surface area contributed by atoms with Crippen LogP contribution in [0.5, 0.6) is 0 Å². The SMILES string of the molecule is Cc1ccc2c(c1)sc(=NC(=O)C(F)(F)F)n2CC1CCN(C(=O)OC(C)(C)C)CC1. The first-order chi connectivity index (χ1) is 14.3. The van der Waals surface area contributed by atoms with Crippen LogP contribution in [0, 0.1) is 12.8 Å². The Morgan fingerprint density at radius 1 is 1.19 bits per heavy atom. The number of halogens is 3. The predicted molar refractivity (Wildman–Crippen MR) is 112 cm³/mol. The number of alkyl halides is 3. The molecule has 1 saturated heterocycles. The normalized spacial score (nSPS) is 16.7. The molecule has 0 saturated carbocycles. The highest BCUT2D eigenvalue weighted by Crippen LogP contribution is 2.25. The summed E-state index contributed by atoms with van der Waals surface area (Å²) in [6.45, 7) is 8.77. The number of nitrogens with zero attached hydrogens (tertiary/aromatic N) is 3. The minimum Gasteiger partial charge on any atom is -0.444 e. The molecule has 3 rings (SSSR count). The fourth-order valence-corrected chi connectivity index (χ4v) is 4.61. The minimum atomic E-state index is -5.01. The molecule has 1 aromatic heterocycles. The quantitative estimate of drug-likeness (QED) is 0.660. The highest BCUT2D eigenvalue weighted by Gasteiger charge is 2.39. The van der Waals surface area contributed by atoms with E-state index in [4.69, 9.17) is 4.74 Å². The fourth-order valence-electron chi connectivity index (χ4n) is 3.48. The van der Waals surface area contributed by atoms with Crippen LogP contribution in [0.3, 0.4) is 0 Å². The molecule has 0 aliphatic carbocycles. The maximum absolute atomic E-state index is 12.8. The van der Waals surface area contributed by atoms with Crippen LogP contribution >= 0.6 is 11.3 Å². The standard InChI is InChI=1S/C21H26F3N3O3S/c1-13-5-6-15-16(11-13)31-18(25-17(28)21(22,23)24)27(15)12-14-7-9-26(10-8-14)19(29)30-20(2,3)4/h5-6,11,14H,7-10,12H2,1-4H3. The molecule has 0 atom stereocenters. The number of hydrogen-bond acceptors (Lipinski definition) is 4. The average molecular weight is 458 g/mol. The van der Waals surface area contributed by atoms with Gasteiger partial charge in [0.25, 0.3) is 0 Å². The first-order valence-electron chi connectivity index (χ1n) is 10.1. The van der Waals surface area contributed by atoms with Gasteiger partial charge in [0.1, 0.15) is 5.60 Å². The summed E-state index contributed by atoms with van der Waals surface area (Å²) in [6.07, 6.45) is -4.01. The number of likely N-dealkylation sites (tertiary alicyclic amines) is 1. The third-order valence-electron chi connectivity index (χ3n) is 4.98. The van der Waals surface area contributed by atoms with Gasteiger partial charge in [-0.1, -0.05) is 17.4 Å². The van der Waals surface area contributed by atoms with Crippen molar-refractivity contribution in [2.24, 2.45) is 10.9 Å². The Bertz CT molecular complexity index is 1040. The van der Waals surface area contributed by atoms with Crippen molar-refractivity contribution in [3.8, 4) is 0 Å². The lowest BCUT2D eigenvalue weighted by molar-refractivity contribution is -0.169. The number of benzene rings is 1. The maximum atomic E-state index is 12.8. The molecular formula is C21H26F3N3O3S. The zero-order valence-electron chi connectivity index (χ0n) is 18.0. The van der Waals surface area contributed by atoms with Gasteiger partial charge in [0, 0.05) is 19.6 Å². The van der Waals surface area contributed by atoms with Gasteiger partial charge in [-0.05, 0) is 64.2 Å². The number of rotatable bonds is 2. The third-order valence-corrected chi connectivity index (χ3v) is 6.03. The zero-order chi connectivity index (χ0) is 23.0. The van der Waals surface area contributed by atoms with Gasteiger partial charge in [-0.15, -0.1) is 0 Å². The molecule has 1 aliphatic rings. The molecule has 0 unspecified atom stereocenters. The molecule has 1 aliphatic heterocycles. The van der Waals surface area contributed by atoms with Gasteiger partial charge in [0.15, 0.2) is 4.80 Å². The molecule has 1 aromatic carbocycles. The molecule has 31 heavy (non-hydrogen) atoms. The highest BCUT2D eigenvalue weighted by molar-refractivity contribution is 7.16. The number of ether oxygens (including phenoxy) is 1. The van der Waals surface area contributed by atoms with E-state index in [2.05, 4.69) is 4.99 Å². The van der Waals surface area contributed by atoms with Crippen molar-refractivity contribution in [2.45, 2.75) is 58.9 Å². The second-order valence-electron chi connectivity index (χ2n) is 8.79. The van der Waals surface area contributed by atoms with E-state index in [9.17, 15) is 22.8 Å². The largest absolute Gasteiger partial charge is 0.473 e. The highest BCUT2D eigenvalue weighted by atomic mass is 32.1. The first-order valence-corrected chi connectivity index (χ1v) is 10.9. The number of aromatic nitrogens is 1. The number of piperidine rings is 1. The van der Waals surface area contributed by atoms with Crippen molar-refractivity contribution < 1.29 is 27.5 Å². The van der Waals surface area contributed by atoms with Gasteiger partial charge in [-0.25, -0.2) is 4.79 Å². The Kier molecular flexibility index (Phi) is 6.50. The molecule has 170 valence electrons. The molecule has 2 heterocycles. The number of fused-ring (bicyclic) bond motifs is 1. The van der Waals surface area contributed by atoms with Crippen LogP contribution in [0.4, 0.5) is 18.0 Å². The summed E-state index contributed by atoms with van der Waals surface area (Å²) in [4.78, 5) is 28.8. The van der Waals surface area contributed by atoms with Crippen LogP contribution in [-0.2, 0) is 16.1 Å². The van der Waals surface area contributed by atoms with Gasteiger partial charge in [-0.2, -0.15) is 18.2 Å². The van der Waals surface area contributed by atoms with Crippen molar-refractivity contribution in [1.29, 1.82) is 0 Å². The summed E-state index contributed by atoms with van der Waals surface area (Å²) >= 11 is 1.07. The van der Waals surface area contributed by atoms with Crippen LogP contribution in [0.1, 0.15) is 39.2 Å². The summed E-state index contributed by atoms with van der Waals surface area (Å²) < 4.78 is 46.2. The number of amides is 2. The number of carbonyl (C=O) groups is 2. The second kappa shape index (κ2) is 8.64. The molecule has 2 aromatic rings. The van der Waals surface area contributed by atoms with Crippen molar-refractivity contribution >= 4 is 33.6 Å². The number of carbonyl (C=O) groups excluding carboxylic acids is 2. The van der Waals surface area contributed by atoms with Gasteiger partial charge in [0.2, 0.25) is 0 Å². The van der Waals surface area contributed by atoms with Crippen molar-refractivity contribution in [3.05, 3.63) is 28.6 Å². The fraction of sp³-hybridized carbons (Fsp3) is 0.571. The first kappa shape index (κ1) is 23.3. The number of hydrogen-bond donors (Lipinski definition) is 0. The molecule has 0 radical (unpaired) electrons. The second-order valence-corrected chi connectivity index (χ2v) is 9.80. The molecule has 0 N–H and O–H groups in total. The molecule has 1 fully saturated rings. The lowest BCUT2D eigenvalue weighted by Gasteiger charge is -2.33. The van der Waals surface area contributed by atoms with Crippen LogP contribution in [0.25, 0.3) is 10.2 Å². The Hall–Kier alpha value is -2.36. The van der Waals surface area contributed by atoms with Crippen molar-refractivity contribution in [2.75, 3.05) is 13.1 Å². The Morgan fingerprint density at radius 2 is 1.84 bits per heavy atom. The van der Waals surface area contributed by atoms with E-state index in [1.807, 2.05) is 45.9 Å². The van der Waals surface area contributed by atoms with Crippen LogP contribution in [0.2, 0.25) is 0 Å². The number of aryl methyl sites for hydroxylation is 1. The van der Waals surface area contributed by atoms with E-state index in [1.165, 1.54) is 0 Å². The van der Waals surface area contributed by atoms with Gasteiger partial charge in [0.05, 0.1) is 10.2 Å². The van der Waals surface area contributed by atoms with Crippen molar-refractivity contribution in [1.82, 2.24) is 9.47 Å². The van der Waals surface area contributed by atoms with Crippen LogP contribution in [0.15, 0.2) is 23.2 Å². The van der Waals surface area contributed by atoms with Gasteiger partial charge < -0.3 is 14.2 Å². The summed E-state index contributed by atoms with van der Waals surface area (Å²) in [5.41, 5.74) is 1.15. The van der Waals surface area contributed by atoms with E-state index in [-0.39, 0.29) is 16.8 Å². The monoisotopic (exact) mass is 457 g/mol. The van der Waals surface area contributed by atoms with E-state index in [1.54, 1.807) is 9.47 Å². The summed E-state index contributed by atoms with van der Waals surface area (Å²) in [5.74, 6) is -1.97. The average Bonchev–Trinajstić information content (AvgIpc) is 2.96. The van der Waals surface area contributed by atoms with E-state index in [0.717, 1.165) is 27.1 Å². The Balaban J connectivity index is 1.82. The number of thiazole rings is 1. The Morgan fingerprint density at radius 3 is 2.42 bits per heavy atom. The summed E-state index contributed by atoms with van der Waals surface area (Å²) in [6, 6.07) is 5.60.